The maximum absolute atomic E-state index is 11.5. The number of nitrogens with zero attached hydrogens (tertiary/aromatic N) is 1. The van der Waals surface area contributed by atoms with Crippen molar-refractivity contribution in [3.05, 3.63) is 0 Å². The highest BCUT2D eigenvalue weighted by Gasteiger charge is 2.27. The molecule has 0 radical (unpaired) electrons. The Hall–Kier alpha value is -0.0900. The SMILES string of the molecule is CCCCC(CC)CN1C(=O)CSC1=S. The number of hydrogen-bond donors (Lipinski definition) is 0. The van der Waals surface area contributed by atoms with Crippen LogP contribution in [0.3, 0.4) is 0 Å². The highest BCUT2D eigenvalue weighted by atomic mass is 32.2. The molecule has 2 nitrogen and oxygen atoms in total. The van der Waals surface area contributed by atoms with Crippen molar-refractivity contribution in [1.82, 2.24) is 4.90 Å². The van der Waals surface area contributed by atoms with Gasteiger partial charge in [0.1, 0.15) is 4.32 Å². The molecule has 1 amide bonds. The van der Waals surface area contributed by atoms with Gasteiger partial charge < -0.3 is 0 Å². The highest BCUT2D eigenvalue weighted by molar-refractivity contribution is 8.23. The van der Waals surface area contributed by atoms with Crippen molar-refractivity contribution in [2.45, 2.75) is 39.5 Å². The third-order valence-electron chi connectivity index (χ3n) is 2.82. The van der Waals surface area contributed by atoms with Crippen LogP contribution >= 0.6 is 24.0 Å². The largest absolute Gasteiger partial charge is 0.297 e. The number of thioether (sulfide) groups is 1. The number of amides is 1. The number of thiocarbonyl (C=S) groups is 1. The van der Waals surface area contributed by atoms with Gasteiger partial charge in [0.25, 0.3) is 0 Å². The van der Waals surface area contributed by atoms with Crippen LogP contribution < -0.4 is 0 Å². The first kappa shape index (κ1) is 13.0. The summed E-state index contributed by atoms with van der Waals surface area (Å²) >= 11 is 6.66. The summed E-state index contributed by atoms with van der Waals surface area (Å²) in [4.78, 5) is 13.3. The van der Waals surface area contributed by atoms with Crippen LogP contribution in [0.5, 0.6) is 0 Å². The van der Waals surface area contributed by atoms with Crippen molar-refractivity contribution in [2.75, 3.05) is 12.3 Å². The van der Waals surface area contributed by atoms with E-state index in [1.165, 1.54) is 31.0 Å². The third kappa shape index (κ3) is 3.76. The van der Waals surface area contributed by atoms with Crippen molar-refractivity contribution < 1.29 is 4.79 Å². The first-order chi connectivity index (χ1) is 7.19. The minimum absolute atomic E-state index is 0.194. The Morgan fingerprint density at radius 2 is 2.27 bits per heavy atom. The molecule has 1 aliphatic rings. The molecule has 1 rings (SSSR count). The molecule has 0 saturated carbocycles. The van der Waals surface area contributed by atoms with E-state index in [0.717, 1.165) is 17.3 Å². The van der Waals surface area contributed by atoms with Gasteiger partial charge in [-0.25, -0.2) is 0 Å². The fraction of sp³-hybridized carbons (Fsp3) is 0.818. The van der Waals surface area contributed by atoms with Crippen LogP contribution in [0.1, 0.15) is 39.5 Å². The summed E-state index contributed by atoms with van der Waals surface area (Å²) in [6, 6.07) is 0. The van der Waals surface area contributed by atoms with Crippen LogP contribution in [0.15, 0.2) is 0 Å². The molecule has 1 saturated heterocycles. The van der Waals surface area contributed by atoms with E-state index < -0.39 is 0 Å². The average Bonchev–Trinajstić information content (AvgIpc) is 2.55. The Morgan fingerprint density at radius 3 is 2.73 bits per heavy atom. The van der Waals surface area contributed by atoms with Gasteiger partial charge in [0, 0.05) is 6.54 Å². The number of unbranched alkanes of at least 4 members (excludes halogenated alkanes) is 1. The van der Waals surface area contributed by atoms with Crippen molar-refractivity contribution >= 4 is 34.2 Å². The molecule has 15 heavy (non-hydrogen) atoms. The second-order valence-corrected chi connectivity index (χ2v) is 5.58. The molecule has 0 bridgehead atoms. The number of hydrogen-bond acceptors (Lipinski definition) is 3. The predicted molar refractivity (Wildman–Crippen MR) is 70.1 cm³/mol. The van der Waals surface area contributed by atoms with Crippen LogP contribution in [-0.4, -0.2) is 27.4 Å². The standard InChI is InChI=1S/C11H19NOS2/c1-3-5-6-9(4-2)7-12-10(13)8-15-11(12)14/h9H,3-8H2,1-2H3. The highest BCUT2D eigenvalue weighted by Crippen LogP contribution is 2.23. The van der Waals surface area contributed by atoms with E-state index in [-0.39, 0.29) is 5.91 Å². The normalized spacial score (nSPS) is 18.7. The summed E-state index contributed by atoms with van der Waals surface area (Å²) in [6.07, 6.45) is 4.82. The molecule has 0 aromatic rings. The number of rotatable bonds is 6. The molecule has 1 atom stereocenters. The molecule has 1 aliphatic heterocycles. The molecular formula is C11H19NOS2. The summed E-state index contributed by atoms with van der Waals surface area (Å²) in [5.41, 5.74) is 0. The number of carbonyl (C=O) groups is 1. The van der Waals surface area contributed by atoms with Gasteiger partial charge in [0.2, 0.25) is 5.91 Å². The molecule has 1 unspecified atom stereocenters. The Morgan fingerprint density at radius 1 is 1.53 bits per heavy atom. The van der Waals surface area contributed by atoms with Crippen LogP contribution in [0, 0.1) is 5.92 Å². The van der Waals surface area contributed by atoms with E-state index in [1.807, 2.05) is 0 Å². The van der Waals surface area contributed by atoms with Crippen molar-refractivity contribution in [2.24, 2.45) is 5.92 Å². The first-order valence-corrected chi connectivity index (χ1v) is 7.05. The average molecular weight is 245 g/mol. The van der Waals surface area contributed by atoms with Crippen LogP contribution in [0.2, 0.25) is 0 Å². The lowest BCUT2D eigenvalue weighted by molar-refractivity contribution is -0.124. The Labute approximate surface area is 102 Å². The Balaban J connectivity index is 2.43. The van der Waals surface area contributed by atoms with E-state index in [9.17, 15) is 4.79 Å². The van der Waals surface area contributed by atoms with Crippen molar-refractivity contribution in [1.29, 1.82) is 0 Å². The Kier molecular flexibility index (Phi) is 5.61. The first-order valence-electron chi connectivity index (χ1n) is 5.66. The topological polar surface area (TPSA) is 20.3 Å². The van der Waals surface area contributed by atoms with E-state index >= 15 is 0 Å². The van der Waals surface area contributed by atoms with E-state index in [1.54, 1.807) is 4.90 Å². The van der Waals surface area contributed by atoms with Gasteiger partial charge in [-0.15, -0.1) is 0 Å². The summed E-state index contributed by atoms with van der Waals surface area (Å²) in [6.45, 7) is 5.23. The lowest BCUT2D eigenvalue weighted by atomic mass is 9.99. The maximum Gasteiger partial charge on any atom is 0.238 e. The van der Waals surface area contributed by atoms with Gasteiger partial charge in [-0.2, -0.15) is 0 Å². The van der Waals surface area contributed by atoms with Crippen LogP contribution in [-0.2, 0) is 4.79 Å². The van der Waals surface area contributed by atoms with Crippen molar-refractivity contribution in [3.8, 4) is 0 Å². The predicted octanol–water partition coefficient (Wildman–Crippen LogP) is 3.06. The van der Waals surface area contributed by atoms with E-state index in [4.69, 9.17) is 12.2 Å². The van der Waals surface area contributed by atoms with Gasteiger partial charge in [0.15, 0.2) is 0 Å². The quantitative estimate of drug-likeness (QED) is 0.671. The van der Waals surface area contributed by atoms with Crippen LogP contribution in [0.25, 0.3) is 0 Å². The molecule has 0 aliphatic carbocycles. The van der Waals surface area contributed by atoms with Crippen LogP contribution in [0.4, 0.5) is 0 Å². The summed E-state index contributed by atoms with van der Waals surface area (Å²) in [5.74, 6) is 1.36. The third-order valence-corrected chi connectivity index (χ3v) is 4.26. The van der Waals surface area contributed by atoms with E-state index in [2.05, 4.69) is 13.8 Å². The van der Waals surface area contributed by atoms with Crippen molar-refractivity contribution in [3.63, 3.8) is 0 Å². The summed E-state index contributed by atoms with van der Waals surface area (Å²) in [7, 11) is 0. The Bertz CT molecular complexity index is 227. The second kappa shape index (κ2) is 6.48. The lowest BCUT2D eigenvalue weighted by Gasteiger charge is -2.21. The second-order valence-electron chi connectivity index (χ2n) is 3.98. The molecule has 4 heteroatoms. The fourth-order valence-corrected chi connectivity index (χ4v) is 2.82. The minimum Gasteiger partial charge on any atom is -0.297 e. The molecule has 86 valence electrons. The van der Waals surface area contributed by atoms with Gasteiger partial charge in [0.05, 0.1) is 5.75 Å². The summed E-state index contributed by atoms with van der Waals surface area (Å²) in [5, 5.41) is 0. The molecule has 0 aromatic heterocycles. The zero-order chi connectivity index (χ0) is 11.3. The molecule has 0 N–H and O–H groups in total. The van der Waals surface area contributed by atoms with Gasteiger partial charge in [-0.3, -0.25) is 9.69 Å². The van der Waals surface area contributed by atoms with Gasteiger partial charge in [-0.1, -0.05) is 57.1 Å². The molecule has 0 aromatic carbocycles. The van der Waals surface area contributed by atoms with E-state index in [0.29, 0.717) is 11.7 Å². The maximum atomic E-state index is 11.5. The molecule has 1 heterocycles. The smallest absolute Gasteiger partial charge is 0.238 e. The molecule has 1 fully saturated rings. The monoisotopic (exact) mass is 245 g/mol. The van der Waals surface area contributed by atoms with Gasteiger partial charge >= 0.3 is 0 Å². The zero-order valence-electron chi connectivity index (χ0n) is 9.49. The van der Waals surface area contributed by atoms with Gasteiger partial charge in [-0.05, 0) is 12.3 Å². The minimum atomic E-state index is 0.194. The molecular weight excluding hydrogens is 226 g/mol. The zero-order valence-corrected chi connectivity index (χ0v) is 11.1. The fourth-order valence-electron chi connectivity index (χ4n) is 1.73. The lowest BCUT2D eigenvalue weighted by Crippen LogP contribution is -2.33. The summed E-state index contributed by atoms with van der Waals surface area (Å²) < 4.78 is 0.773. The number of carbonyl (C=O) groups excluding carboxylic acids is 1. The molecule has 0 spiro atoms.